The van der Waals surface area contributed by atoms with Crippen LogP contribution in [0.4, 0.5) is 11.0 Å². The third kappa shape index (κ3) is 3.57. The van der Waals surface area contributed by atoms with Crippen LogP contribution >= 0.6 is 11.3 Å². The molecule has 138 valence electrons. The summed E-state index contributed by atoms with van der Waals surface area (Å²) < 4.78 is 11.1. The van der Waals surface area contributed by atoms with Crippen molar-refractivity contribution in [3.05, 3.63) is 35.2 Å². The van der Waals surface area contributed by atoms with Gasteiger partial charge < -0.3 is 19.1 Å². The topological polar surface area (TPSA) is 108 Å². The van der Waals surface area contributed by atoms with Gasteiger partial charge in [0, 0.05) is 24.4 Å². The van der Waals surface area contributed by atoms with Crippen LogP contribution in [0.3, 0.4) is 0 Å². The van der Waals surface area contributed by atoms with E-state index < -0.39 is 0 Å². The van der Waals surface area contributed by atoms with Crippen molar-refractivity contribution in [2.24, 2.45) is 5.92 Å². The highest BCUT2D eigenvalue weighted by molar-refractivity contribution is 7.13. The molecular formula is C18H17N5O3S. The largest absolute Gasteiger partial charge is 0.459 e. The zero-order valence-corrected chi connectivity index (χ0v) is 15.5. The number of hydrogen-bond donors (Lipinski definition) is 1. The molecule has 1 amide bonds. The first-order chi connectivity index (χ1) is 13.1. The summed E-state index contributed by atoms with van der Waals surface area (Å²) in [6.45, 7) is 3.11. The first kappa shape index (κ1) is 17.3. The fourth-order valence-corrected chi connectivity index (χ4v) is 3.76. The number of amides is 1. The Bertz CT molecular complexity index is 977. The van der Waals surface area contributed by atoms with Gasteiger partial charge in [-0.15, -0.1) is 11.3 Å². The monoisotopic (exact) mass is 383 g/mol. The molecular weight excluding hydrogens is 366 g/mol. The van der Waals surface area contributed by atoms with Crippen LogP contribution in [-0.2, 0) is 4.79 Å². The van der Waals surface area contributed by atoms with Crippen molar-refractivity contribution in [2.75, 3.05) is 23.3 Å². The van der Waals surface area contributed by atoms with Crippen molar-refractivity contribution in [3.8, 4) is 17.7 Å². The zero-order chi connectivity index (χ0) is 18.8. The van der Waals surface area contributed by atoms with Gasteiger partial charge in [0.2, 0.25) is 17.5 Å². The van der Waals surface area contributed by atoms with Crippen LogP contribution in [-0.4, -0.2) is 29.0 Å². The summed E-state index contributed by atoms with van der Waals surface area (Å²) in [6.07, 6.45) is 2.86. The Hall–Kier alpha value is -3.12. The van der Waals surface area contributed by atoms with Crippen LogP contribution in [0.5, 0.6) is 0 Å². The predicted octanol–water partition coefficient (Wildman–Crippen LogP) is 3.43. The van der Waals surface area contributed by atoms with E-state index in [-0.39, 0.29) is 23.4 Å². The highest BCUT2D eigenvalue weighted by Crippen LogP contribution is 2.31. The van der Waals surface area contributed by atoms with E-state index in [0.717, 1.165) is 5.69 Å². The first-order valence-electron chi connectivity index (χ1n) is 8.57. The number of hydrogen-bond acceptors (Lipinski definition) is 8. The third-order valence-corrected chi connectivity index (χ3v) is 5.32. The second-order valence-electron chi connectivity index (χ2n) is 6.31. The molecule has 0 unspecified atom stereocenters. The van der Waals surface area contributed by atoms with E-state index in [9.17, 15) is 10.1 Å². The van der Waals surface area contributed by atoms with Crippen molar-refractivity contribution >= 4 is 28.3 Å². The van der Waals surface area contributed by atoms with Gasteiger partial charge in [0.1, 0.15) is 6.07 Å². The third-order valence-electron chi connectivity index (χ3n) is 4.45. The molecule has 4 heterocycles. The Morgan fingerprint density at radius 2 is 2.22 bits per heavy atom. The standard InChI is InChI=1S/C18H17N5O3S/c1-11-10-27-18(20-11)22-15(24)12-4-6-23(7-5-12)17-13(9-19)21-16(26-17)14-3-2-8-25-14/h2-3,8,10,12H,4-7H2,1H3,(H,20,22,24). The summed E-state index contributed by atoms with van der Waals surface area (Å²) >= 11 is 1.42. The molecule has 1 N–H and O–H groups in total. The van der Waals surface area contributed by atoms with Gasteiger partial charge >= 0.3 is 0 Å². The molecule has 27 heavy (non-hydrogen) atoms. The minimum atomic E-state index is -0.0940. The number of thiazole rings is 1. The number of aromatic nitrogens is 2. The average molecular weight is 383 g/mol. The summed E-state index contributed by atoms with van der Waals surface area (Å²) in [5, 5.41) is 14.8. The van der Waals surface area contributed by atoms with E-state index in [1.807, 2.05) is 17.2 Å². The summed E-state index contributed by atoms with van der Waals surface area (Å²) in [4.78, 5) is 22.9. The van der Waals surface area contributed by atoms with Gasteiger partial charge in [0.15, 0.2) is 10.9 Å². The molecule has 1 aliphatic heterocycles. The second-order valence-corrected chi connectivity index (χ2v) is 7.16. The average Bonchev–Trinajstić information content (AvgIpc) is 3.42. The fraction of sp³-hybridized carbons (Fsp3) is 0.333. The lowest BCUT2D eigenvalue weighted by Gasteiger charge is -2.30. The second kappa shape index (κ2) is 7.25. The summed E-state index contributed by atoms with van der Waals surface area (Å²) in [5.41, 5.74) is 1.12. The molecule has 8 nitrogen and oxygen atoms in total. The SMILES string of the molecule is Cc1csc(NC(=O)C2CCN(c3oc(-c4ccco4)nc3C#N)CC2)n1. The smallest absolute Gasteiger partial charge is 0.266 e. The molecule has 0 atom stereocenters. The van der Waals surface area contributed by atoms with Crippen LogP contribution in [0.25, 0.3) is 11.7 Å². The Kier molecular flexibility index (Phi) is 4.64. The Morgan fingerprint density at radius 3 is 2.85 bits per heavy atom. The number of rotatable bonds is 4. The van der Waals surface area contributed by atoms with Gasteiger partial charge in [0.25, 0.3) is 5.89 Å². The van der Waals surface area contributed by atoms with Gasteiger partial charge in [-0.1, -0.05) is 0 Å². The quantitative estimate of drug-likeness (QED) is 0.735. The van der Waals surface area contributed by atoms with Gasteiger partial charge in [-0.05, 0) is 31.9 Å². The molecule has 0 saturated carbocycles. The van der Waals surface area contributed by atoms with Gasteiger partial charge in [-0.3, -0.25) is 4.79 Å². The zero-order valence-electron chi connectivity index (χ0n) is 14.6. The van der Waals surface area contributed by atoms with E-state index in [1.54, 1.807) is 12.1 Å². The molecule has 3 aromatic rings. The number of piperidine rings is 1. The molecule has 0 spiro atoms. The molecule has 9 heteroatoms. The van der Waals surface area contributed by atoms with Crippen molar-refractivity contribution in [1.82, 2.24) is 9.97 Å². The van der Waals surface area contributed by atoms with Crippen molar-refractivity contribution in [2.45, 2.75) is 19.8 Å². The van der Waals surface area contributed by atoms with E-state index >= 15 is 0 Å². The van der Waals surface area contributed by atoms with E-state index in [1.165, 1.54) is 17.6 Å². The van der Waals surface area contributed by atoms with Crippen LogP contribution in [0.1, 0.15) is 24.2 Å². The number of anilines is 2. The maximum absolute atomic E-state index is 12.4. The molecule has 0 bridgehead atoms. The highest BCUT2D eigenvalue weighted by atomic mass is 32.1. The molecule has 0 aromatic carbocycles. The molecule has 1 aliphatic rings. The number of aryl methyl sites for hydroxylation is 1. The minimum absolute atomic E-state index is 0.0154. The van der Waals surface area contributed by atoms with Crippen molar-refractivity contribution in [1.29, 1.82) is 5.26 Å². The number of nitrogens with one attached hydrogen (secondary N) is 1. The van der Waals surface area contributed by atoms with Crippen molar-refractivity contribution < 1.29 is 13.6 Å². The number of carbonyl (C=O) groups excluding carboxylic acids is 1. The lowest BCUT2D eigenvalue weighted by atomic mass is 9.96. The number of furan rings is 1. The van der Waals surface area contributed by atoms with Crippen LogP contribution in [0.15, 0.2) is 32.6 Å². The minimum Gasteiger partial charge on any atom is -0.459 e. The van der Waals surface area contributed by atoms with Crippen molar-refractivity contribution in [3.63, 3.8) is 0 Å². The lowest BCUT2D eigenvalue weighted by Crippen LogP contribution is -2.38. The maximum atomic E-state index is 12.4. The Morgan fingerprint density at radius 1 is 1.41 bits per heavy atom. The normalized spacial score (nSPS) is 14.9. The highest BCUT2D eigenvalue weighted by Gasteiger charge is 2.29. The molecule has 0 radical (unpaired) electrons. The predicted molar refractivity (Wildman–Crippen MR) is 99.3 cm³/mol. The lowest BCUT2D eigenvalue weighted by molar-refractivity contribution is -0.120. The summed E-state index contributed by atoms with van der Waals surface area (Å²) in [7, 11) is 0. The van der Waals surface area contributed by atoms with E-state index in [2.05, 4.69) is 21.4 Å². The molecule has 0 aliphatic carbocycles. The summed E-state index contributed by atoms with van der Waals surface area (Å²) in [5.74, 6) is 1.08. The van der Waals surface area contributed by atoms with E-state index in [0.29, 0.717) is 42.7 Å². The van der Waals surface area contributed by atoms with Crippen LogP contribution in [0.2, 0.25) is 0 Å². The number of nitriles is 1. The van der Waals surface area contributed by atoms with Crippen LogP contribution in [0, 0.1) is 24.2 Å². The Balaban J connectivity index is 1.42. The van der Waals surface area contributed by atoms with Crippen LogP contribution < -0.4 is 10.2 Å². The molecule has 3 aromatic heterocycles. The number of nitrogens with zero attached hydrogens (tertiary/aromatic N) is 4. The molecule has 4 rings (SSSR count). The van der Waals surface area contributed by atoms with Gasteiger partial charge in [0.05, 0.1) is 12.0 Å². The maximum Gasteiger partial charge on any atom is 0.266 e. The molecule has 1 saturated heterocycles. The fourth-order valence-electron chi connectivity index (χ4n) is 3.07. The first-order valence-corrected chi connectivity index (χ1v) is 9.44. The van der Waals surface area contributed by atoms with Gasteiger partial charge in [-0.2, -0.15) is 10.2 Å². The number of oxazole rings is 1. The van der Waals surface area contributed by atoms with E-state index in [4.69, 9.17) is 8.83 Å². The summed E-state index contributed by atoms with van der Waals surface area (Å²) in [6, 6.07) is 5.54. The molecule has 1 fully saturated rings. The van der Waals surface area contributed by atoms with Gasteiger partial charge in [-0.25, -0.2) is 4.98 Å². The Labute approximate surface area is 159 Å². The number of carbonyl (C=O) groups is 1.